The molecule has 1 heterocycles. The van der Waals surface area contributed by atoms with Gasteiger partial charge in [0.05, 0.1) is 9.40 Å². The number of hydrogen-bond donors (Lipinski definition) is 0. The summed E-state index contributed by atoms with van der Waals surface area (Å²) in [4.78, 5) is 35.3. The smallest absolute Gasteiger partial charge is 0.348 e. The quantitative estimate of drug-likeness (QED) is 0.185. The molecule has 0 radical (unpaired) electrons. The summed E-state index contributed by atoms with van der Waals surface area (Å²) < 4.78 is 17.4. The Kier molecular flexibility index (Phi) is 6.27. The lowest BCUT2D eigenvalue weighted by atomic mass is 9.93. The number of halogens is 1. The fourth-order valence-corrected chi connectivity index (χ4v) is 4.24. The largest absolute Gasteiger partial charge is 0.488 e. The van der Waals surface area contributed by atoms with Crippen molar-refractivity contribution in [3.63, 3.8) is 0 Å². The molecule has 166 valence electrons. The lowest BCUT2D eigenvalue weighted by molar-refractivity contribution is -0.384. The van der Waals surface area contributed by atoms with Crippen LogP contribution in [-0.4, -0.2) is 22.6 Å². The van der Waals surface area contributed by atoms with Gasteiger partial charge in [-0.25, -0.2) is 9.59 Å². The number of ether oxygens (including phenoxy) is 3. The normalized spacial score (nSPS) is 17.5. The number of hydrogen-bond acceptors (Lipinski definition) is 7. The third-order valence-corrected chi connectivity index (χ3v) is 6.04. The second-order valence-electron chi connectivity index (χ2n) is 7.71. The van der Waals surface area contributed by atoms with Crippen molar-refractivity contribution < 1.29 is 28.7 Å². The number of non-ortho nitro benzene ring substituents is 1. The average molecular weight is 502 g/mol. The predicted molar refractivity (Wildman–Crippen MR) is 118 cm³/mol. The zero-order valence-electron chi connectivity index (χ0n) is 17.0. The van der Waals surface area contributed by atoms with Crippen molar-refractivity contribution >= 4 is 39.6 Å². The van der Waals surface area contributed by atoms with E-state index in [0.717, 1.165) is 24.8 Å². The van der Waals surface area contributed by atoms with E-state index in [1.54, 1.807) is 30.3 Å². The Labute approximate surface area is 192 Å². The van der Waals surface area contributed by atoms with Crippen LogP contribution in [0.25, 0.3) is 6.08 Å². The standard InChI is InChI=1S/C23H20BrNO7/c24-19-13-16(6-9-20(19)30-14-15-4-7-17(8-5-15)25(28)29)12-18-21(26)31-23(32-22(18)27)10-2-1-3-11-23/h4-9,12-13H,1-3,10-11,14H2. The first kappa shape index (κ1) is 22.0. The van der Waals surface area contributed by atoms with Gasteiger partial charge in [-0.15, -0.1) is 0 Å². The summed E-state index contributed by atoms with van der Waals surface area (Å²) in [5.74, 6) is -1.91. The van der Waals surface area contributed by atoms with Crippen LogP contribution in [0, 0.1) is 10.1 Å². The van der Waals surface area contributed by atoms with Crippen LogP contribution < -0.4 is 4.74 Å². The van der Waals surface area contributed by atoms with E-state index >= 15 is 0 Å². The molecule has 1 aliphatic carbocycles. The highest BCUT2D eigenvalue weighted by molar-refractivity contribution is 9.10. The Hall–Kier alpha value is -3.20. The molecule has 1 saturated heterocycles. The molecule has 2 aromatic carbocycles. The van der Waals surface area contributed by atoms with E-state index in [1.807, 2.05) is 0 Å². The topological polar surface area (TPSA) is 105 Å². The van der Waals surface area contributed by atoms with Crippen molar-refractivity contribution in [1.82, 2.24) is 0 Å². The number of nitrogens with zero attached hydrogens (tertiary/aromatic N) is 1. The van der Waals surface area contributed by atoms with Gasteiger partial charge in [0.2, 0.25) is 0 Å². The number of benzene rings is 2. The number of carbonyl (C=O) groups is 2. The van der Waals surface area contributed by atoms with Crippen LogP contribution in [0.3, 0.4) is 0 Å². The van der Waals surface area contributed by atoms with Crippen molar-refractivity contribution in [3.05, 3.63) is 73.8 Å². The van der Waals surface area contributed by atoms with Gasteiger partial charge in [-0.3, -0.25) is 10.1 Å². The van der Waals surface area contributed by atoms with Crippen LogP contribution in [-0.2, 0) is 25.7 Å². The molecule has 1 spiro atoms. The summed E-state index contributed by atoms with van der Waals surface area (Å²) in [5.41, 5.74) is 1.25. The highest BCUT2D eigenvalue weighted by Gasteiger charge is 2.46. The maximum Gasteiger partial charge on any atom is 0.348 e. The van der Waals surface area contributed by atoms with Gasteiger partial charge >= 0.3 is 11.9 Å². The minimum atomic E-state index is -1.11. The zero-order valence-corrected chi connectivity index (χ0v) is 18.6. The lowest BCUT2D eigenvalue weighted by Gasteiger charge is -2.38. The fraction of sp³-hybridized carbons (Fsp3) is 0.304. The van der Waals surface area contributed by atoms with Gasteiger partial charge in [-0.1, -0.05) is 12.5 Å². The van der Waals surface area contributed by atoms with Gasteiger partial charge in [0.1, 0.15) is 17.9 Å². The van der Waals surface area contributed by atoms with Crippen molar-refractivity contribution in [1.29, 1.82) is 0 Å². The molecule has 32 heavy (non-hydrogen) atoms. The Morgan fingerprint density at radius 1 is 1.03 bits per heavy atom. The van der Waals surface area contributed by atoms with E-state index in [4.69, 9.17) is 14.2 Å². The molecule has 2 aromatic rings. The molecule has 1 aliphatic heterocycles. The van der Waals surface area contributed by atoms with E-state index in [0.29, 0.717) is 28.6 Å². The maximum atomic E-state index is 12.5. The molecular formula is C23H20BrNO7. The van der Waals surface area contributed by atoms with Crippen LogP contribution in [0.4, 0.5) is 5.69 Å². The second kappa shape index (κ2) is 9.12. The number of rotatable bonds is 5. The lowest BCUT2D eigenvalue weighted by Crippen LogP contribution is -2.47. The van der Waals surface area contributed by atoms with Crippen molar-refractivity contribution in [3.8, 4) is 5.75 Å². The molecule has 0 bridgehead atoms. The molecule has 2 fully saturated rings. The van der Waals surface area contributed by atoms with Gasteiger partial charge in [0.15, 0.2) is 0 Å². The first-order valence-corrected chi connectivity index (χ1v) is 11.0. The van der Waals surface area contributed by atoms with Crippen LogP contribution in [0.1, 0.15) is 43.2 Å². The van der Waals surface area contributed by atoms with Gasteiger partial charge in [0.25, 0.3) is 11.5 Å². The molecule has 4 rings (SSSR count). The summed E-state index contributed by atoms with van der Waals surface area (Å²) in [6.07, 6.45) is 5.24. The summed E-state index contributed by atoms with van der Waals surface area (Å²) in [6, 6.07) is 11.2. The number of carbonyl (C=O) groups excluding carboxylic acids is 2. The van der Waals surface area contributed by atoms with E-state index in [9.17, 15) is 19.7 Å². The summed E-state index contributed by atoms with van der Waals surface area (Å²) in [6.45, 7) is 0.220. The minimum absolute atomic E-state index is 0.0153. The predicted octanol–water partition coefficient (Wildman–Crippen LogP) is 5.08. The van der Waals surface area contributed by atoms with Crippen molar-refractivity contribution in [2.45, 2.75) is 44.5 Å². The van der Waals surface area contributed by atoms with Crippen molar-refractivity contribution in [2.75, 3.05) is 0 Å². The minimum Gasteiger partial charge on any atom is -0.488 e. The molecule has 0 aromatic heterocycles. The van der Waals surface area contributed by atoms with Crippen molar-refractivity contribution in [2.24, 2.45) is 0 Å². The maximum absolute atomic E-state index is 12.5. The third kappa shape index (κ3) is 4.83. The Bertz CT molecular complexity index is 1070. The Morgan fingerprint density at radius 3 is 2.28 bits per heavy atom. The van der Waals surface area contributed by atoms with Gasteiger partial charge < -0.3 is 14.2 Å². The zero-order chi connectivity index (χ0) is 22.7. The van der Waals surface area contributed by atoms with Crippen LogP contribution >= 0.6 is 15.9 Å². The van der Waals surface area contributed by atoms with E-state index < -0.39 is 22.6 Å². The Morgan fingerprint density at radius 2 is 1.69 bits per heavy atom. The SMILES string of the molecule is O=C1OC2(CCCCC2)OC(=O)C1=Cc1ccc(OCc2ccc([N+](=O)[O-])cc2)c(Br)c1. The molecule has 8 nitrogen and oxygen atoms in total. The molecule has 0 N–H and O–H groups in total. The number of nitro groups is 1. The van der Waals surface area contributed by atoms with Gasteiger partial charge in [-0.2, -0.15) is 0 Å². The Balaban J connectivity index is 1.43. The monoisotopic (exact) mass is 501 g/mol. The van der Waals surface area contributed by atoms with E-state index in [-0.39, 0.29) is 17.9 Å². The molecule has 2 aliphatic rings. The second-order valence-corrected chi connectivity index (χ2v) is 8.56. The molecule has 1 saturated carbocycles. The molecule has 0 amide bonds. The molecular weight excluding hydrogens is 482 g/mol. The van der Waals surface area contributed by atoms with Gasteiger partial charge in [-0.05, 0) is 70.2 Å². The first-order valence-electron chi connectivity index (χ1n) is 10.2. The molecule has 0 unspecified atom stereocenters. The molecule has 9 heteroatoms. The molecule has 0 atom stereocenters. The first-order chi connectivity index (χ1) is 15.3. The summed E-state index contributed by atoms with van der Waals surface area (Å²) >= 11 is 3.43. The van der Waals surface area contributed by atoms with Crippen LogP contribution in [0.2, 0.25) is 0 Å². The van der Waals surface area contributed by atoms with Crippen LogP contribution in [0.5, 0.6) is 5.75 Å². The number of esters is 2. The average Bonchev–Trinajstić information content (AvgIpc) is 2.76. The van der Waals surface area contributed by atoms with Gasteiger partial charge in [0, 0.05) is 25.0 Å². The van der Waals surface area contributed by atoms with Crippen LogP contribution in [0.15, 0.2) is 52.5 Å². The highest BCUT2D eigenvalue weighted by Crippen LogP contribution is 2.37. The fourth-order valence-electron chi connectivity index (χ4n) is 3.73. The van der Waals surface area contributed by atoms with E-state index in [1.165, 1.54) is 18.2 Å². The summed E-state index contributed by atoms with van der Waals surface area (Å²) in [7, 11) is 0. The highest BCUT2D eigenvalue weighted by atomic mass is 79.9. The number of nitro benzene ring substituents is 1. The van der Waals surface area contributed by atoms with E-state index in [2.05, 4.69) is 15.9 Å². The third-order valence-electron chi connectivity index (χ3n) is 5.42. The summed E-state index contributed by atoms with van der Waals surface area (Å²) in [5, 5.41) is 10.7.